The molecule has 0 saturated carbocycles. The Morgan fingerprint density at radius 1 is 0.879 bits per heavy atom. The highest BCUT2D eigenvalue weighted by Crippen LogP contribution is 2.47. The van der Waals surface area contributed by atoms with Crippen molar-refractivity contribution in [2.75, 3.05) is 39.3 Å². The van der Waals surface area contributed by atoms with Gasteiger partial charge in [-0.05, 0) is 30.7 Å². The zero-order chi connectivity index (χ0) is 23.7. The minimum atomic E-state index is -4.69. The standard InChI is InChI=1S/C23H26F3N3O3S/c24-23(25,26)22(11-12-27(18-22)17-19-7-3-1-4-8-19)21(30)28-13-15-29(16-14-28)33(31,32)20-9-5-2-6-10-20/h1-10H,11-18H2. The Balaban J connectivity index is 1.46. The van der Waals surface area contributed by atoms with E-state index in [0.29, 0.717) is 6.54 Å². The molecular formula is C23H26F3N3O3S. The highest BCUT2D eigenvalue weighted by atomic mass is 32.2. The number of piperazine rings is 1. The van der Waals surface area contributed by atoms with E-state index in [0.717, 1.165) is 5.56 Å². The van der Waals surface area contributed by atoms with Gasteiger partial charge in [0.25, 0.3) is 0 Å². The maximum atomic E-state index is 14.2. The molecule has 0 bridgehead atoms. The first-order chi connectivity index (χ1) is 15.6. The summed E-state index contributed by atoms with van der Waals surface area (Å²) in [4.78, 5) is 16.2. The molecule has 0 spiro atoms. The van der Waals surface area contributed by atoms with Crippen LogP contribution in [-0.2, 0) is 21.4 Å². The van der Waals surface area contributed by atoms with Crippen LogP contribution in [0.1, 0.15) is 12.0 Å². The summed E-state index contributed by atoms with van der Waals surface area (Å²) in [5.74, 6) is -0.956. The zero-order valence-corrected chi connectivity index (χ0v) is 18.9. The molecule has 0 aromatic heterocycles. The fraction of sp³-hybridized carbons (Fsp3) is 0.435. The highest BCUT2D eigenvalue weighted by molar-refractivity contribution is 7.89. The van der Waals surface area contributed by atoms with E-state index < -0.39 is 34.1 Å². The predicted octanol–water partition coefficient (Wildman–Crippen LogP) is 2.97. The summed E-state index contributed by atoms with van der Waals surface area (Å²) in [6.45, 7) is -0.0948. The van der Waals surface area contributed by atoms with Crippen LogP contribution >= 0.6 is 0 Å². The largest absolute Gasteiger partial charge is 0.404 e. The lowest BCUT2D eigenvalue weighted by molar-refractivity contribution is -0.224. The van der Waals surface area contributed by atoms with E-state index in [1.165, 1.54) is 21.3 Å². The van der Waals surface area contributed by atoms with E-state index in [1.54, 1.807) is 23.1 Å². The molecule has 2 aromatic carbocycles. The Morgan fingerprint density at radius 2 is 1.45 bits per heavy atom. The zero-order valence-electron chi connectivity index (χ0n) is 18.0. The summed E-state index contributed by atoms with van der Waals surface area (Å²) in [5, 5.41) is 0. The van der Waals surface area contributed by atoms with Crippen LogP contribution < -0.4 is 0 Å². The van der Waals surface area contributed by atoms with Crippen LogP contribution in [0.3, 0.4) is 0 Å². The van der Waals surface area contributed by atoms with Gasteiger partial charge in [0.2, 0.25) is 15.9 Å². The first-order valence-corrected chi connectivity index (χ1v) is 12.3. The molecule has 0 N–H and O–H groups in total. The quantitative estimate of drug-likeness (QED) is 0.659. The average Bonchev–Trinajstić information content (AvgIpc) is 3.25. The molecule has 2 aliphatic rings. The van der Waals surface area contributed by atoms with E-state index in [2.05, 4.69) is 0 Å². The lowest BCUT2D eigenvalue weighted by Gasteiger charge is -2.40. The maximum absolute atomic E-state index is 14.2. The van der Waals surface area contributed by atoms with E-state index in [9.17, 15) is 26.4 Å². The van der Waals surface area contributed by atoms with E-state index in [1.807, 2.05) is 30.3 Å². The number of hydrogen-bond donors (Lipinski definition) is 0. The van der Waals surface area contributed by atoms with Crippen molar-refractivity contribution in [3.05, 3.63) is 66.2 Å². The maximum Gasteiger partial charge on any atom is 0.404 e. The number of rotatable bonds is 5. The van der Waals surface area contributed by atoms with Crippen molar-refractivity contribution in [1.29, 1.82) is 0 Å². The fourth-order valence-electron chi connectivity index (χ4n) is 4.57. The topological polar surface area (TPSA) is 60.9 Å². The fourth-order valence-corrected chi connectivity index (χ4v) is 6.01. The van der Waals surface area contributed by atoms with Gasteiger partial charge in [0.1, 0.15) is 0 Å². The number of halogens is 3. The van der Waals surface area contributed by atoms with Gasteiger partial charge in [0.15, 0.2) is 5.41 Å². The van der Waals surface area contributed by atoms with Crippen molar-refractivity contribution in [2.24, 2.45) is 5.41 Å². The van der Waals surface area contributed by atoms with Crippen LogP contribution in [0.4, 0.5) is 13.2 Å². The van der Waals surface area contributed by atoms with Gasteiger partial charge in [0.05, 0.1) is 4.90 Å². The summed E-state index contributed by atoms with van der Waals surface area (Å²) in [7, 11) is -3.75. The number of amides is 1. The first kappa shape index (κ1) is 23.7. The Hall–Kier alpha value is -2.43. The van der Waals surface area contributed by atoms with Gasteiger partial charge in [-0.2, -0.15) is 17.5 Å². The van der Waals surface area contributed by atoms with Gasteiger partial charge in [-0.15, -0.1) is 0 Å². The Morgan fingerprint density at radius 3 is 2.03 bits per heavy atom. The molecule has 4 rings (SSSR count). The Bertz CT molecular complexity index is 1070. The molecule has 2 saturated heterocycles. The minimum absolute atomic E-state index is 0.0371. The summed E-state index contributed by atoms with van der Waals surface area (Å²) < 4.78 is 69.5. The number of alkyl halides is 3. The molecule has 2 aliphatic heterocycles. The SMILES string of the molecule is O=C(N1CCN(S(=O)(=O)c2ccccc2)CC1)C1(C(F)(F)F)CCN(Cc2ccccc2)C1. The number of likely N-dealkylation sites (tertiary alicyclic amines) is 1. The van der Waals surface area contributed by atoms with Gasteiger partial charge in [0, 0.05) is 39.3 Å². The molecule has 1 unspecified atom stereocenters. The summed E-state index contributed by atoms with van der Waals surface area (Å²) >= 11 is 0. The molecular weight excluding hydrogens is 455 g/mol. The molecule has 0 aliphatic carbocycles. The number of nitrogens with zero attached hydrogens (tertiary/aromatic N) is 3. The molecule has 2 fully saturated rings. The second-order valence-electron chi connectivity index (χ2n) is 8.54. The van der Waals surface area contributed by atoms with Crippen LogP contribution in [0, 0.1) is 5.41 Å². The van der Waals surface area contributed by atoms with E-state index in [-0.39, 0.29) is 44.0 Å². The van der Waals surface area contributed by atoms with E-state index in [4.69, 9.17) is 0 Å². The van der Waals surface area contributed by atoms with Crippen molar-refractivity contribution in [2.45, 2.75) is 24.0 Å². The van der Waals surface area contributed by atoms with Crippen molar-refractivity contribution < 1.29 is 26.4 Å². The molecule has 6 nitrogen and oxygen atoms in total. The van der Waals surface area contributed by atoms with Gasteiger partial charge >= 0.3 is 6.18 Å². The number of benzene rings is 2. The van der Waals surface area contributed by atoms with Gasteiger partial charge in [-0.25, -0.2) is 8.42 Å². The third kappa shape index (κ3) is 4.64. The molecule has 2 heterocycles. The predicted molar refractivity (Wildman–Crippen MR) is 117 cm³/mol. The normalized spacial score (nSPS) is 23.1. The molecule has 2 aromatic rings. The third-order valence-electron chi connectivity index (χ3n) is 6.46. The molecule has 33 heavy (non-hydrogen) atoms. The smallest absolute Gasteiger partial charge is 0.339 e. The first-order valence-electron chi connectivity index (χ1n) is 10.8. The number of hydrogen-bond acceptors (Lipinski definition) is 4. The second kappa shape index (κ2) is 9.08. The lowest BCUT2D eigenvalue weighted by atomic mass is 9.84. The van der Waals surface area contributed by atoms with Gasteiger partial charge in [-0.3, -0.25) is 9.69 Å². The van der Waals surface area contributed by atoms with Crippen LogP contribution in [-0.4, -0.2) is 73.9 Å². The van der Waals surface area contributed by atoms with Crippen molar-refractivity contribution >= 4 is 15.9 Å². The molecule has 1 amide bonds. The average molecular weight is 482 g/mol. The molecule has 178 valence electrons. The summed E-state index contributed by atoms with van der Waals surface area (Å²) in [6.07, 6.45) is -4.99. The highest BCUT2D eigenvalue weighted by Gasteiger charge is 2.64. The number of carbonyl (C=O) groups is 1. The van der Waals surface area contributed by atoms with Crippen LogP contribution in [0.25, 0.3) is 0 Å². The van der Waals surface area contributed by atoms with Crippen molar-refractivity contribution in [3.63, 3.8) is 0 Å². The van der Waals surface area contributed by atoms with Crippen molar-refractivity contribution in [3.8, 4) is 0 Å². The minimum Gasteiger partial charge on any atom is -0.339 e. The number of sulfonamides is 1. The number of carbonyl (C=O) groups excluding carboxylic acids is 1. The van der Waals surface area contributed by atoms with Crippen LogP contribution in [0.2, 0.25) is 0 Å². The van der Waals surface area contributed by atoms with Crippen LogP contribution in [0.15, 0.2) is 65.6 Å². The summed E-state index contributed by atoms with van der Waals surface area (Å²) in [6, 6.07) is 17.1. The molecule has 1 atom stereocenters. The summed E-state index contributed by atoms with van der Waals surface area (Å²) in [5.41, 5.74) is -1.58. The lowest BCUT2D eigenvalue weighted by Crippen LogP contribution is -2.58. The second-order valence-corrected chi connectivity index (χ2v) is 10.5. The van der Waals surface area contributed by atoms with Crippen LogP contribution in [0.5, 0.6) is 0 Å². The third-order valence-corrected chi connectivity index (χ3v) is 8.37. The van der Waals surface area contributed by atoms with Gasteiger partial charge in [-0.1, -0.05) is 48.5 Å². The van der Waals surface area contributed by atoms with E-state index >= 15 is 0 Å². The Labute approximate surface area is 191 Å². The van der Waals surface area contributed by atoms with Gasteiger partial charge < -0.3 is 4.90 Å². The van der Waals surface area contributed by atoms with Crippen molar-refractivity contribution in [1.82, 2.24) is 14.1 Å². The molecule has 0 radical (unpaired) electrons. The Kier molecular flexibility index (Phi) is 6.52. The monoisotopic (exact) mass is 481 g/mol. The molecule has 10 heteroatoms.